The number of hydrogen-bond acceptors (Lipinski definition) is 2. The highest BCUT2D eigenvalue weighted by atomic mass is 16.3. The van der Waals surface area contributed by atoms with E-state index in [9.17, 15) is 0 Å². The Morgan fingerprint density at radius 2 is 1.85 bits per heavy atom. The second-order valence-corrected chi connectivity index (χ2v) is 6.28. The Bertz CT molecular complexity index is 554. The Balaban J connectivity index is 2.33. The Hall–Kier alpha value is -1.28. The Labute approximate surface area is 122 Å². The van der Waals surface area contributed by atoms with Crippen molar-refractivity contribution in [1.29, 1.82) is 0 Å². The van der Waals surface area contributed by atoms with Crippen molar-refractivity contribution >= 4 is 11.0 Å². The van der Waals surface area contributed by atoms with Crippen LogP contribution >= 0.6 is 0 Å². The fourth-order valence-electron chi connectivity index (χ4n) is 2.56. The summed E-state index contributed by atoms with van der Waals surface area (Å²) in [5.41, 5.74) is 2.36. The summed E-state index contributed by atoms with van der Waals surface area (Å²) >= 11 is 0. The molecule has 0 amide bonds. The number of rotatable bonds is 6. The maximum absolute atomic E-state index is 6.06. The lowest BCUT2D eigenvalue weighted by molar-refractivity contribution is 0.351. The van der Waals surface area contributed by atoms with Gasteiger partial charge in [-0.3, -0.25) is 0 Å². The molecular weight excluding hydrogens is 246 g/mol. The molecule has 1 unspecified atom stereocenters. The van der Waals surface area contributed by atoms with Crippen LogP contribution in [0.2, 0.25) is 0 Å². The summed E-state index contributed by atoms with van der Waals surface area (Å²) in [5, 5.41) is 4.81. The van der Waals surface area contributed by atoms with E-state index < -0.39 is 0 Å². The molecule has 1 aromatic carbocycles. The van der Waals surface area contributed by atoms with Crippen LogP contribution in [0.4, 0.5) is 0 Å². The van der Waals surface area contributed by atoms with E-state index in [-0.39, 0.29) is 0 Å². The molecule has 0 bridgehead atoms. The summed E-state index contributed by atoms with van der Waals surface area (Å²) in [5.74, 6) is 2.13. The lowest BCUT2D eigenvalue weighted by atomic mass is 10.00. The summed E-state index contributed by atoms with van der Waals surface area (Å²) in [6.07, 6.45) is 1.14. The second kappa shape index (κ2) is 6.45. The lowest BCUT2D eigenvalue weighted by Crippen LogP contribution is -2.25. The van der Waals surface area contributed by atoms with Gasteiger partial charge in [-0.1, -0.05) is 40.7 Å². The first-order valence-electron chi connectivity index (χ1n) is 7.79. The van der Waals surface area contributed by atoms with E-state index in [1.165, 1.54) is 10.9 Å². The minimum atomic E-state index is 0.296. The van der Waals surface area contributed by atoms with Gasteiger partial charge in [-0.2, -0.15) is 0 Å². The van der Waals surface area contributed by atoms with Crippen LogP contribution in [0.1, 0.15) is 64.3 Å². The summed E-state index contributed by atoms with van der Waals surface area (Å²) in [6, 6.07) is 9.03. The molecule has 2 nitrogen and oxygen atoms in total. The van der Waals surface area contributed by atoms with E-state index in [1.54, 1.807) is 0 Å². The Morgan fingerprint density at radius 1 is 1.10 bits per heavy atom. The molecule has 1 heterocycles. The molecule has 0 saturated heterocycles. The maximum Gasteiger partial charge on any atom is 0.134 e. The van der Waals surface area contributed by atoms with Crippen LogP contribution in [-0.2, 0) is 0 Å². The van der Waals surface area contributed by atoms with Gasteiger partial charge in [0.05, 0.1) is 6.04 Å². The van der Waals surface area contributed by atoms with Crippen LogP contribution in [0, 0.1) is 5.92 Å². The van der Waals surface area contributed by atoms with E-state index in [0.717, 1.165) is 24.3 Å². The number of nitrogens with one attached hydrogen (secondary N) is 1. The van der Waals surface area contributed by atoms with E-state index in [0.29, 0.717) is 17.9 Å². The zero-order valence-electron chi connectivity index (χ0n) is 13.4. The van der Waals surface area contributed by atoms with Crippen LogP contribution in [0.15, 0.2) is 28.7 Å². The molecule has 110 valence electrons. The molecule has 0 radical (unpaired) electrons. The third kappa shape index (κ3) is 3.24. The van der Waals surface area contributed by atoms with Gasteiger partial charge in [-0.15, -0.1) is 0 Å². The molecule has 2 rings (SSSR count). The largest absolute Gasteiger partial charge is 0.459 e. The Kier molecular flexibility index (Phi) is 4.87. The van der Waals surface area contributed by atoms with Crippen molar-refractivity contribution in [3.8, 4) is 0 Å². The fraction of sp³-hybridized carbons (Fsp3) is 0.556. The predicted octanol–water partition coefficient (Wildman–Crippen LogP) is 5.25. The number of fused-ring (bicyclic) bond motifs is 1. The SMILES string of the molecule is CCCNC(c1cc2cc(C(C)C)ccc2o1)C(C)C. The molecule has 1 N–H and O–H groups in total. The summed E-state index contributed by atoms with van der Waals surface area (Å²) in [6.45, 7) is 12.1. The monoisotopic (exact) mass is 273 g/mol. The molecule has 0 aliphatic rings. The van der Waals surface area contributed by atoms with Gasteiger partial charge in [0, 0.05) is 5.39 Å². The van der Waals surface area contributed by atoms with Gasteiger partial charge in [0.25, 0.3) is 0 Å². The minimum Gasteiger partial charge on any atom is -0.459 e. The standard InChI is InChI=1S/C18H27NO/c1-6-9-19-18(13(4)5)17-11-15-10-14(12(2)3)7-8-16(15)20-17/h7-8,10-13,18-19H,6,9H2,1-5H3. The molecule has 1 atom stereocenters. The van der Waals surface area contributed by atoms with Crippen molar-refractivity contribution < 1.29 is 4.42 Å². The molecule has 1 aromatic heterocycles. The maximum atomic E-state index is 6.06. The average Bonchev–Trinajstić information content (AvgIpc) is 2.80. The van der Waals surface area contributed by atoms with Gasteiger partial charge >= 0.3 is 0 Å². The second-order valence-electron chi connectivity index (χ2n) is 6.28. The van der Waals surface area contributed by atoms with Crippen molar-refractivity contribution in [3.05, 3.63) is 35.6 Å². The first-order valence-corrected chi connectivity index (χ1v) is 7.79. The van der Waals surface area contributed by atoms with Crippen molar-refractivity contribution in [2.75, 3.05) is 6.54 Å². The van der Waals surface area contributed by atoms with Gasteiger partial charge in [-0.05, 0) is 48.6 Å². The predicted molar refractivity (Wildman–Crippen MR) is 86.2 cm³/mol. The highest BCUT2D eigenvalue weighted by Crippen LogP contribution is 2.30. The third-order valence-electron chi connectivity index (χ3n) is 3.81. The van der Waals surface area contributed by atoms with Crippen LogP contribution in [0.3, 0.4) is 0 Å². The van der Waals surface area contributed by atoms with Crippen molar-refractivity contribution in [3.63, 3.8) is 0 Å². The van der Waals surface area contributed by atoms with Crippen LogP contribution < -0.4 is 5.32 Å². The summed E-state index contributed by atoms with van der Waals surface area (Å²) in [4.78, 5) is 0. The quantitative estimate of drug-likeness (QED) is 0.777. The van der Waals surface area contributed by atoms with Gasteiger partial charge in [0.1, 0.15) is 11.3 Å². The van der Waals surface area contributed by atoms with Gasteiger partial charge in [0.2, 0.25) is 0 Å². The molecule has 2 aromatic rings. The molecule has 0 aliphatic heterocycles. The number of furan rings is 1. The van der Waals surface area contributed by atoms with Gasteiger partial charge in [-0.25, -0.2) is 0 Å². The van der Waals surface area contributed by atoms with E-state index in [4.69, 9.17) is 4.42 Å². The smallest absolute Gasteiger partial charge is 0.134 e. The third-order valence-corrected chi connectivity index (χ3v) is 3.81. The van der Waals surface area contributed by atoms with Gasteiger partial charge < -0.3 is 9.73 Å². The van der Waals surface area contributed by atoms with Crippen LogP contribution in [-0.4, -0.2) is 6.54 Å². The first kappa shape index (κ1) is 15.1. The average molecular weight is 273 g/mol. The van der Waals surface area contributed by atoms with Gasteiger partial charge in [0.15, 0.2) is 0 Å². The Morgan fingerprint density at radius 3 is 2.45 bits per heavy atom. The fourth-order valence-corrected chi connectivity index (χ4v) is 2.56. The topological polar surface area (TPSA) is 25.2 Å². The van der Waals surface area contributed by atoms with E-state index >= 15 is 0 Å². The van der Waals surface area contributed by atoms with E-state index in [1.807, 2.05) is 0 Å². The van der Waals surface area contributed by atoms with Crippen LogP contribution in [0.5, 0.6) is 0 Å². The first-order chi connectivity index (χ1) is 9.52. The molecule has 0 spiro atoms. The normalized spacial score (nSPS) is 13.6. The zero-order chi connectivity index (χ0) is 14.7. The summed E-state index contributed by atoms with van der Waals surface area (Å²) in [7, 11) is 0. The van der Waals surface area contributed by atoms with Crippen molar-refractivity contribution in [2.24, 2.45) is 5.92 Å². The minimum absolute atomic E-state index is 0.296. The molecular formula is C18H27NO. The highest BCUT2D eigenvalue weighted by Gasteiger charge is 2.19. The number of benzene rings is 1. The van der Waals surface area contributed by atoms with E-state index in [2.05, 4.69) is 64.2 Å². The van der Waals surface area contributed by atoms with Crippen molar-refractivity contribution in [1.82, 2.24) is 5.32 Å². The zero-order valence-corrected chi connectivity index (χ0v) is 13.4. The summed E-state index contributed by atoms with van der Waals surface area (Å²) < 4.78 is 6.06. The molecule has 0 aliphatic carbocycles. The van der Waals surface area contributed by atoms with Crippen molar-refractivity contribution in [2.45, 2.75) is 53.0 Å². The van der Waals surface area contributed by atoms with Crippen LogP contribution in [0.25, 0.3) is 11.0 Å². The molecule has 0 fully saturated rings. The molecule has 20 heavy (non-hydrogen) atoms. The highest BCUT2D eigenvalue weighted by molar-refractivity contribution is 5.79. The number of hydrogen-bond donors (Lipinski definition) is 1. The lowest BCUT2D eigenvalue weighted by Gasteiger charge is -2.19. The molecule has 2 heteroatoms. The molecule has 0 saturated carbocycles.